The number of nitrogens with two attached hydrogens (primary N) is 1. The van der Waals surface area contributed by atoms with Crippen LogP contribution in [0.2, 0.25) is 0 Å². The lowest BCUT2D eigenvalue weighted by atomic mass is 9.68. The Morgan fingerprint density at radius 3 is 2.30 bits per heavy atom. The lowest BCUT2D eigenvalue weighted by Crippen LogP contribution is -2.37. The largest absolute Gasteiger partial charge is 0.330 e. The standard InChI is InChI=1S/C16H33NO2S/c1-4-5-6-15-7-9-16(13-17,10-8-15)11-12-20(18,19)14(2)3/h14-15H,4-13,17H2,1-3H3. The van der Waals surface area contributed by atoms with E-state index in [9.17, 15) is 8.42 Å². The summed E-state index contributed by atoms with van der Waals surface area (Å²) in [5.74, 6) is 1.15. The van der Waals surface area contributed by atoms with Gasteiger partial charge in [0.15, 0.2) is 9.84 Å². The minimum atomic E-state index is -2.93. The van der Waals surface area contributed by atoms with Crippen molar-refractivity contribution in [1.82, 2.24) is 0 Å². The monoisotopic (exact) mass is 303 g/mol. The van der Waals surface area contributed by atoms with E-state index < -0.39 is 9.84 Å². The Kier molecular flexibility index (Phi) is 6.99. The molecule has 0 aromatic heterocycles. The fourth-order valence-corrected chi connectivity index (χ4v) is 4.41. The SMILES string of the molecule is CCCCC1CCC(CN)(CCS(=O)(=O)C(C)C)CC1. The predicted molar refractivity (Wildman–Crippen MR) is 86.5 cm³/mol. The maximum Gasteiger partial charge on any atom is 0.152 e. The molecule has 1 aliphatic carbocycles. The molecule has 0 aromatic carbocycles. The lowest BCUT2D eigenvalue weighted by molar-refractivity contribution is 0.146. The molecular weight excluding hydrogens is 270 g/mol. The highest BCUT2D eigenvalue weighted by Crippen LogP contribution is 2.42. The maximum atomic E-state index is 12.0. The number of rotatable bonds is 8. The van der Waals surface area contributed by atoms with E-state index in [1.54, 1.807) is 13.8 Å². The molecule has 0 unspecified atom stereocenters. The van der Waals surface area contributed by atoms with Crippen LogP contribution in [-0.4, -0.2) is 26.0 Å². The molecule has 1 rings (SSSR count). The van der Waals surface area contributed by atoms with Crippen LogP contribution in [0.4, 0.5) is 0 Å². The summed E-state index contributed by atoms with van der Waals surface area (Å²) in [5, 5.41) is -0.266. The molecule has 2 N–H and O–H groups in total. The fourth-order valence-electron chi connectivity index (χ4n) is 3.22. The third kappa shape index (κ3) is 5.03. The molecular formula is C16H33NO2S. The second-order valence-corrected chi connectivity index (χ2v) is 9.63. The molecule has 0 heterocycles. The van der Waals surface area contributed by atoms with Crippen molar-refractivity contribution in [2.75, 3.05) is 12.3 Å². The van der Waals surface area contributed by atoms with Gasteiger partial charge in [0.05, 0.1) is 11.0 Å². The maximum absolute atomic E-state index is 12.0. The van der Waals surface area contributed by atoms with E-state index in [0.29, 0.717) is 12.3 Å². The van der Waals surface area contributed by atoms with Gasteiger partial charge in [0.25, 0.3) is 0 Å². The zero-order valence-corrected chi connectivity index (χ0v) is 14.3. The van der Waals surface area contributed by atoms with E-state index in [-0.39, 0.29) is 10.7 Å². The van der Waals surface area contributed by atoms with Crippen molar-refractivity contribution in [3.05, 3.63) is 0 Å². The van der Waals surface area contributed by atoms with E-state index in [1.165, 1.54) is 32.1 Å². The number of hydrogen-bond acceptors (Lipinski definition) is 3. The molecule has 1 fully saturated rings. The van der Waals surface area contributed by atoms with Gasteiger partial charge >= 0.3 is 0 Å². The van der Waals surface area contributed by atoms with Gasteiger partial charge in [-0.05, 0) is 63.8 Å². The highest BCUT2D eigenvalue weighted by Gasteiger charge is 2.35. The quantitative estimate of drug-likeness (QED) is 0.746. The molecule has 0 radical (unpaired) electrons. The van der Waals surface area contributed by atoms with E-state index in [4.69, 9.17) is 5.73 Å². The van der Waals surface area contributed by atoms with Gasteiger partial charge < -0.3 is 5.73 Å². The van der Waals surface area contributed by atoms with Crippen LogP contribution in [0.15, 0.2) is 0 Å². The third-order valence-corrected chi connectivity index (χ3v) is 7.41. The molecule has 0 bridgehead atoms. The molecule has 20 heavy (non-hydrogen) atoms. The third-order valence-electron chi connectivity index (χ3n) is 5.20. The highest BCUT2D eigenvalue weighted by atomic mass is 32.2. The molecule has 1 aliphatic rings. The Labute approximate surface area is 125 Å². The van der Waals surface area contributed by atoms with Gasteiger partial charge in [0.1, 0.15) is 0 Å². The summed E-state index contributed by atoms with van der Waals surface area (Å²) in [6.45, 7) is 6.42. The highest BCUT2D eigenvalue weighted by molar-refractivity contribution is 7.91. The summed E-state index contributed by atoms with van der Waals surface area (Å²) in [4.78, 5) is 0. The average Bonchev–Trinajstić information content (AvgIpc) is 2.44. The Hall–Kier alpha value is -0.0900. The van der Waals surface area contributed by atoms with Gasteiger partial charge in [-0.3, -0.25) is 0 Å². The first-order valence-corrected chi connectivity index (χ1v) is 9.98. The zero-order chi connectivity index (χ0) is 15.2. The van der Waals surface area contributed by atoms with Crippen molar-refractivity contribution < 1.29 is 8.42 Å². The smallest absolute Gasteiger partial charge is 0.152 e. The summed E-state index contributed by atoms with van der Waals surface area (Å²) in [5.41, 5.74) is 6.08. The van der Waals surface area contributed by atoms with Gasteiger partial charge in [0, 0.05) is 0 Å². The van der Waals surface area contributed by atoms with Gasteiger partial charge in [-0.15, -0.1) is 0 Å². The van der Waals surface area contributed by atoms with Crippen LogP contribution in [0.5, 0.6) is 0 Å². The Morgan fingerprint density at radius 2 is 1.85 bits per heavy atom. The van der Waals surface area contributed by atoms with E-state index >= 15 is 0 Å². The summed E-state index contributed by atoms with van der Waals surface area (Å²) < 4.78 is 24.0. The summed E-state index contributed by atoms with van der Waals surface area (Å²) in [6, 6.07) is 0. The van der Waals surface area contributed by atoms with Gasteiger partial charge in [-0.2, -0.15) is 0 Å². The molecule has 0 atom stereocenters. The van der Waals surface area contributed by atoms with Gasteiger partial charge in [-0.1, -0.05) is 26.2 Å². The first kappa shape index (κ1) is 18.0. The molecule has 0 spiro atoms. The second-order valence-electron chi connectivity index (χ2n) is 6.96. The predicted octanol–water partition coefficient (Wildman–Crippen LogP) is 3.53. The van der Waals surface area contributed by atoms with Crippen LogP contribution in [0, 0.1) is 11.3 Å². The lowest BCUT2D eigenvalue weighted by Gasteiger charge is -2.39. The van der Waals surface area contributed by atoms with Crippen LogP contribution >= 0.6 is 0 Å². The molecule has 3 nitrogen and oxygen atoms in total. The van der Waals surface area contributed by atoms with E-state index in [2.05, 4.69) is 6.92 Å². The summed E-state index contributed by atoms with van der Waals surface area (Å²) in [6.07, 6.45) is 9.38. The van der Waals surface area contributed by atoms with Crippen LogP contribution in [0.3, 0.4) is 0 Å². The molecule has 0 amide bonds. The van der Waals surface area contributed by atoms with Crippen molar-refractivity contribution >= 4 is 9.84 Å². The van der Waals surface area contributed by atoms with Gasteiger partial charge in [0.2, 0.25) is 0 Å². The molecule has 4 heteroatoms. The average molecular weight is 304 g/mol. The first-order valence-electron chi connectivity index (χ1n) is 8.27. The minimum absolute atomic E-state index is 0.0880. The molecule has 1 saturated carbocycles. The van der Waals surface area contributed by atoms with Crippen molar-refractivity contribution in [2.24, 2.45) is 17.1 Å². The number of hydrogen-bond donors (Lipinski definition) is 1. The van der Waals surface area contributed by atoms with Crippen molar-refractivity contribution in [2.45, 2.75) is 77.4 Å². The van der Waals surface area contributed by atoms with Gasteiger partial charge in [-0.25, -0.2) is 8.42 Å². The topological polar surface area (TPSA) is 60.2 Å². The normalized spacial score (nSPS) is 27.9. The summed E-state index contributed by atoms with van der Waals surface area (Å²) >= 11 is 0. The minimum Gasteiger partial charge on any atom is -0.330 e. The molecule has 120 valence electrons. The fraction of sp³-hybridized carbons (Fsp3) is 1.00. The summed E-state index contributed by atoms with van der Waals surface area (Å²) in [7, 11) is -2.93. The van der Waals surface area contributed by atoms with E-state index in [0.717, 1.165) is 25.2 Å². The molecule has 0 aromatic rings. The van der Waals surface area contributed by atoms with E-state index in [1.807, 2.05) is 0 Å². The molecule has 0 aliphatic heterocycles. The Balaban J connectivity index is 2.50. The zero-order valence-electron chi connectivity index (χ0n) is 13.5. The Bertz CT molecular complexity index is 368. The number of unbranched alkanes of at least 4 members (excludes halogenated alkanes) is 1. The van der Waals surface area contributed by atoms with Crippen molar-refractivity contribution in [3.63, 3.8) is 0 Å². The van der Waals surface area contributed by atoms with Crippen LogP contribution in [0.25, 0.3) is 0 Å². The molecule has 0 saturated heterocycles. The van der Waals surface area contributed by atoms with Crippen molar-refractivity contribution in [3.8, 4) is 0 Å². The van der Waals surface area contributed by atoms with Crippen molar-refractivity contribution in [1.29, 1.82) is 0 Å². The Morgan fingerprint density at radius 1 is 1.25 bits per heavy atom. The second kappa shape index (κ2) is 7.79. The van der Waals surface area contributed by atoms with Crippen LogP contribution in [0.1, 0.15) is 72.1 Å². The number of sulfone groups is 1. The van der Waals surface area contributed by atoms with Crippen LogP contribution in [-0.2, 0) is 9.84 Å². The first-order chi connectivity index (χ1) is 9.35. The van der Waals surface area contributed by atoms with Crippen LogP contribution < -0.4 is 5.73 Å².